The van der Waals surface area contributed by atoms with Gasteiger partial charge in [0.2, 0.25) is 0 Å². The summed E-state index contributed by atoms with van der Waals surface area (Å²) < 4.78 is 12.7. The molecule has 0 spiro atoms. The summed E-state index contributed by atoms with van der Waals surface area (Å²) in [4.78, 5) is 12.7. The second-order valence-corrected chi connectivity index (χ2v) is 6.02. The molecule has 0 amide bonds. The highest BCUT2D eigenvalue weighted by molar-refractivity contribution is 7.20. The number of ether oxygens (including phenoxy) is 2. The maximum Gasteiger partial charge on any atom is 0.346 e. The van der Waals surface area contributed by atoms with Crippen molar-refractivity contribution < 1.29 is 19.4 Å². The molecule has 5 nitrogen and oxygen atoms in total. The van der Waals surface area contributed by atoms with E-state index in [4.69, 9.17) is 9.47 Å². The Labute approximate surface area is 131 Å². The van der Waals surface area contributed by atoms with E-state index in [1.54, 1.807) is 7.11 Å². The summed E-state index contributed by atoms with van der Waals surface area (Å²) in [6.45, 7) is 3.28. The maximum atomic E-state index is 11.4. The Morgan fingerprint density at radius 3 is 2.82 bits per heavy atom. The Morgan fingerprint density at radius 1 is 1.32 bits per heavy atom. The number of fused-ring (bicyclic) bond motifs is 3. The molecule has 2 heterocycles. The van der Waals surface area contributed by atoms with Crippen LogP contribution in [-0.4, -0.2) is 36.0 Å². The van der Waals surface area contributed by atoms with Gasteiger partial charge in [0.25, 0.3) is 0 Å². The molecule has 0 fully saturated rings. The zero-order valence-electron chi connectivity index (χ0n) is 12.5. The van der Waals surface area contributed by atoms with Crippen LogP contribution < -0.4 is 0 Å². The van der Waals surface area contributed by atoms with Gasteiger partial charge in [-0.25, -0.2) is 4.79 Å². The average molecular weight is 319 g/mol. The number of benzene rings is 1. The number of carbonyl (C=O) groups is 1. The average Bonchev–Trinajstić information content (AvgIpc) is 3.00. The van der Waals surface area contributed by atoms with Crippen molar-refractivity contribution in [3.63, 3.8) is 0 Å². The van der Waals surface area contributed by atoms with Crippen LogP contribution in [0.25, 0.3) is 21.1 Å². The number of para-hydroxylation sites is 1. The Bertz CT molecular complexity index is 834. The molecule has 0 aliphatic carbocycles. The largest absolute Gasteiger partial charge is 0.477 e. The van der Waals surface area contributed by atoms with Crippen LogP contribution in [0.5, 0.6) is 0 Å². The van der Waals surface area contributed by atoms with Gasteiger partial charge in [0.15, 0.2) is 0 Å². The van der Waals surface area contributed by atoms with E-state index < -0.39 is 5.97 Å². The first-order chi connectivity index (χ1) is 10.6. The Kier molecular flexibility index (Phi) is 4.15. The Hall–Kier alpha value is -1.89. The summed E-state index contributed by atoms with van der Waals surface area (Å²) in [5.74, 6) is -0.880. The molecule has 1 aromatic carbocycles. The van der Waals surface area contributed by atoms with Crippen LogP contribution in [0, 0.1) is 6.92 Å². The molecule has 0 saturated carbocycles. The predicted octanol–water partition coefficient (Wildman–Crippen LogP) is 3.48. The zero-order chi connectivity index (χ0) is 15.7. The van der Waals surface area contributed by atoms with Crippen LogP contribution in [0.3, 0.4) is 0 Å². The number of carboxylic acid groups (broad SMARTS) is 1. The molecule has 1 N–H and O–H groups in total. The molecule has 2 aromatic heterocycles. The number of aromatic nitrogens is 1. The van der Waals surface area contributed by atoms with Crippen LogP contribution in [0.2, 0.25) is 0 Å². The molecule has 3 aromatic rings. The first-order valence-electron chi connectivity index (χ1n) is 6.95. The fourth-order valence-corrected chi connectivity index (χ4v) is 3.83. The molecule has 0 unspecified atom stereocenters. The van der Waals surface area contributed by atoms with Gasteiger partial charge in [-0.15, -0.1) is 11.3 Å². The van der Waals surface area contributed by atoms with Crippen molar-refractivity contribution in [3.8, 4) is 0 Å². The second kappa shape index (κ2) is 6.08. The normalized spacial score (nSPS) is 11.5. The highest BCUT2D eigenvalue weighted by Crippen LogP contribution is 2.38. The molecule has 0 saturated heterocycles. The predicted molar refractivity (Wildman–Crippen MR) is 86.8 cm³/mol. The Morgan fingerprint density at radius 2 is 2.09 bits per heavy atom. The molecular formula is C16H17NO4S. The minimum absolute atomic E-state index is 0.381. The number of rotatable bonds is 6. The molecule has 0 aliphatic heterocycles. The van der Waals surface area contributed by atoms with E-state index in [9.17, 15) is 9.90 Å². The van der Waals surface area contributed by atoms with Crippen molar-refractivity contribution in [1.82, 2.24) is 4.57 Å². The number of nitrogens with zero attached hydrogens (tertiary/aromatic N) is 1. The van der Waals surface area contributed by atoms with Crippen LogP contribution in [0.4, 0.5) is 0 Å². The number of hydrogen-bond donors (Lipinski definition) is 1. The highest BCUT2D eigenvalue weighted by Gasteiger charge is 2.21. The van der Waals surface area contributed by atoms with Crippen LogP contribution in [-0.2, 0) is 16.2 Å². The lowest BCUT2D eigenvalue weighted by molar-refractivity contribution is 0.0378. The minimum Gasteiger partial charge on any atom is -0.477 e. The van der Waals surface area contributed by atoms with Crippen molar-refractivity contribution in [2.75, 3.05) is 20.3 Å². The standard InChI is InChI=1S/C16H17NO4S/c1-10-13-11-5-3-4-6-12(11)17(9-21-8-7-20-2)15(13)22-14(10)16(18)19/h3-6H,7-9H2,1-2H3,(H,18,19). The third-order valence-electron chi connectivity index (χ3n) is 3.68. The van der Waals surface area contributed by atoms with Crippen molar-refractivity contribution in [2.45, 2.75) is 13.7 Å². The van der Waals surface area contributed by atoms with Gasteiger partial charge in [0.05, 0.1) is 18.7 Å². The van der Waals surface area contributed by atoms with Crippen molar-refractivity contribution in [2.24, 2.45) is 0 Å². The molecule has 0 radical (unpaired) electrons. The first-order valence-corrected chi connectivity index (χ1v) is 7.77. The van der Waals surface area contributed by atoms with Gasteiger partial charge in [-0.1, -0.05) is 18.2 Å². The summed E-state index contributed by atoms with van der Waals surface area (Å²) in [6.07, 6.45) is 0. The monoisotopic (exact) mass is 319 g/mol. The molecule has 0 bridgehead atoms. The molecular weight excluding hydrogens is 302 g/mol. The number of hydrogen-bond acceptors (Lipinski definition) is 4. The summed E-state index contributed by atoms with van der Waals surface area (Å²) in [6, 6.07) is 8.00. The molecule has 0 aliphatic rings. The third-order valence-corrected chi connectivity index (χ3v) is 4.99. The van der Waals surface area contributed by atoms with Gasteiger partial charge in [0.1, 0.15) is 16.4 Å². The number of thiophene rings is 1. The van der Waals surface area contributed by atoms with Crippen molar-refractivity contribution >= 4 is 38.4 Å². The quantitative estimate of drug-likeness (QED) is 0.707. The lowest BCUT2D eigenvalue weighted by atomic mass is 10.1. The van der Waals surface area contributed by atoms with E-state index in [0.717, 1.165) is 26.7 Å². The van der Waals surface area contributed by atoms with E-state index in [-0.39, 0.29) is 0 Å². The molecule has 116 valence electrons. The smallest absolute Gasteiger partial charge is 0.346 e. The van der Waals surface area contributed by atoms with E-state index in [0.29, 0.717) is 24.8 Å². The Balaban J connectivity index is 2.14. The summed E-state index contributed by atoms with van der Waals surface area (Å²) >= 11 is 1.30. The minimum atomic E-state index is -0.880. The van der Waals surface area contributed by atoms with Crippen molar-refractivity contribution in [1.29, 1.82) is 0 Å². The van der Waals surface area contributed by atoms with E-state index >= 15 is 0 Å². The van der Waals surface area contributed by atoms with E-state index in [1.165, 1.54) is 11.3 Å². The third kappa shape index (κ3) is 2.39. The van der Waals surface area contributed by atoms with Crippen molar-refractivity contribution in [3.05, 3.63) is 34.7 Å². The fourth-order valence-electron chi connectivity index (χ4n) is 2.67. The number of methoxy groups -OCH3 is 1. The van der Waals surface area contributed by atoms with Crippen LogP contribution in [0.1, 0.15) is 15.2 Å². The molecule has 3 rings (SSSR count). The van der Waals surface area contributed by atoms with Gasteiger partial charge >= 0.3 is 5.97 Å². The second-order valence-electron chi connectivity index (χ2n) is 5.02. The zero-order valence-corrected chi connectivity index (χ0v) is 13.3. The number of carboxylic acids is 1. The summed E-state index contributed by atoms with van der Waals surface area (Å²) in [5.41, 5.74) is 1.88. The van der Waals surface area contributed by atoms with Gasteiger partial charge in [-0.2, -0.15) is 0 Å². The van der Waals surface area contributed by atoms with Gasteiger partial charge < -0.3 is 19.1 Å². The lowest BCUT2D eigenvalue weighted by Crippen LogP contribution is -2.06. The molecule has 6 heteroatoms. The lowest BCUT2D eigenvalue weighted by Gasteiger charge is -2.07. The highest BCUT2D eigenvalue weighted by atomic mass is 32.1. The number of aryl methyl sites for hydroxylation is 1. The van der Waals surface area contributed by atoms with Crippen LogP contribution in [0.15, 0.2) is 24.3 Å². The molecule has 22 heavy (non-hydrogen) atoms. The SMILES string of the molecule is COCCOCn1c2ccccc2c2c(C)c(C(=O)O)sc21. The van der Waals surface area contributed by atoms with E-state index in [2.05, 4.69) is 0 Å². The topological polar surface area (TPSA) is 60.7 Å². The van der Waals surface area contributed by atoms with E-state index in [1.807, 2.05) is 35.8 Å². The van der Waals surface area contributed by atoms with Gasteiger partial charge in [0, 0.05) is 17.9 Å². The van der Waals surface area contributed by atoms with Crippen LogP contribution >= 0.6 is 11.3 Å². The summed E-state index contributed by atoms with van der Waals surface area (Å²) in [7, 11) is 1.63. The first kappa shape index (κ1) is 15.0. The van der Waals surface area contributed by atoms with Gasteiger partial charge in [-0.05, 0) is 18.6 Å². The fraction of sp³-hybridized carbons (Fsp3) is 0.312. The van der Waals surface area contributed by atoms with Gasteiger partial charge in [-0.3, -0.25) is 0 Å². The molecule has 0 atom stereocenters. The summed E-state index contributed by atoms with van der Waals surface area (Å²) in [5, 5.41) is 11.4. The maximum absolute atomic E-state index is 11.4. The number of aromatic carboxylic acids is 1.